The van der Waals surface area contributed by atoms with Crippen LogP contribution < -0.4 is 16.0 Å². The molecule has 2 aliphatic rings. The third-order valence-electron chi connectivity index (χ3n) is 4.92. The molecule has 1 atom stereocenters. The van der Waals surface area contributed by atoms with Crippen molar-refractivity contribution in [1.29, 1.82) is 0 Å². The summed E-state index contributed by atoms with van der Waals surface area (Å²) in [6.07, 6.45) is 0.975. The summed E-state index contributed by atoms with van der Waals surface area (Å²) in [6.45, 7) is 6.60. The number of carbonyl (C=O) groups excluding carboxylic acids is 3. The van der Waals surface area contributed by atoms with Gasteiger partial charge in [-0.2, -0.15) is 0 Å². The molecule has 134 valence electrons. The van der Waals surface area contributed by atoms with Crippen LogP contribution in [0.4, 0.5) is 9.59 Å². The zero-order valence-corrected chi connectivity index (χ0v) is 14.8. The largest absolute Gasteiger partial charge is 0.331 e. The molecule has 25 heavy (non-hydrogen) atoms. The smallest absolute Gasteiger partial charge is 0.322 e. The third-order valence-corrected chi connectivity index (χ3v) is 4.92. The first kappa shape index (κ1) is 17.3. The maximum absolute atomic E-state index is 12.5. The van der Waals surface area contributed by atoms with Crippen LogP contribution in [-0.4, -0.2) is 41.5 Å². The average molecular weight is 344 g/mol. The highest BCUT2D eigenvalue weighted by Gasteiger charge is 2.56. The van der Waals surface area contributed by atoms with E-state index in [1.165, 1.54) is 5.56 Å². The molecule has 2 aliphatic heterocycles. The predicted octanol–water partition coefficient (Wildman–Crippen LogP) is 1.55. The van der Waals surface area contributed by atoms with Gasteiger partial charge in [-0.3, -0.25) is 10.1 Å². The number of amides is 5. The summed E-state index contributed by atoms with van der Waals surface area (Å²) in [7, 11) is 0. The van der Waals surface area contributed by atoms with Crippen molar-refractivity contribution in [2.45, 2.75) is 38.8 Å². The van der Waals surface area contributed by atoms with Crippen molar-refractivity contribution in [2.24, 2.45) is 5.92 Å². The molecule has 1 unspecified atom stereocenters. The van der Waals surface area contributed by atoms with Gasteiger partial charge in [-0.05, 0) is 23.5 Å². The number of nitrogens with one attached hydrogen (secondary N) is 3. The van der Waals surface area contributed by atoms with Crippen molar-refractivity contribution in [1.82, 2.24) is 20.9 Å². The standard InChI is InChI=1S/C18H24N4O3/c1-4-12-5-7-13(8-6-12)14(11(2)3)19-17(25)22-9-18(10-22)15(23)20-16(24)21-18/h5-8,11,14H,4,9-10H2,1-3H3,(H,19,25)(H2,20,21,23,24). The normalized spacial score (nSPS) is 19.4. The number of benzene rings is 1. The lowest BCUT2D eigenvalue weighted by Gasteiger charge is -2.45. The predicted molar refractivity (Wildman–Crippen MR) is 92.9 cm³/mol. The quantitative estimate of drug-likeness (QED) is 0.724. The van der Waals surface area contributed by atoms with Crippen molar-refractivity contribution in [3.8, 4) is 0 Å². The topological polar surface area (TPSA) is 90.5 Å². The minimum atomic E-state index is -0.954. The molecule has 7 heteroatoms. The minimum Gasteiger partial charge on any atom is -0.331 e. The summed E-state index contributed by atoms with van der Waals surface area (Å²) in [5.74, 6) is -0.141. The Hall–Kier alpha value is -2.57. The minimum absolute atomic E-state index is 0.109. The molecule has 3 rings (SSSR count). The van der Waals surface area contributed by atoms with E-state index in [-0.39, 0.29) is 37.0 Å². The fourth-order valence-corrected chi connectivity index (χ4v) is 3.32. The van der Waals surface area contributed by atoms with Crippen molar-refractivity contribution in [2.75, 3.05) is 13.1 Å². The van der Waals surface area contributed by atoms with Gasteiger partial charge in [-0.1, -0.05) is 45.0 Å². The Labute approximate surface area is 147 Å². The molecule has 0 aliphatic carbocycles. The number of imide groups is 1. The molecular weight excluding hydrogens is 320 g/mol. The maximum Gasteiger partial charge on any atom is 0.322 e. The van der Waals surface area contributed by atoms with Crippen LogP contribution in [-0.2, 0) is 11.2 Å². The monoisotopic (exact) mass is 344 g/mol. The van der Waals surface area contributed by atoms with Crippen LogP contribution >= 0.6 is 0 Å². The molecule has 5 amide bonds. The van der Waals surface area contributed by atoms with Crippen LogP contribution in [0.5, 0.6) is 0 Å². The molecule has 2 fully saturated rings. The number of likely N-dealkylation sites (tertiary alicyclic amines) is 1. The number of nitrogens with zero attached hydrogens (tertiary/aromatic N) is 1. The number of hydrogen-bond acceptors (Lipinski definition) is 3. The summed E-state index contributed by atoms with van der Waals surface area (Å²) < 4.78 is 0. The van der Waals surface area contributed by atoms with Crippen LogP contribution in [0.25, 0.3) is 0 Å². The summed E-state index contributed by atoms with van der Waals surface area (Å²) in [5, 5.41) is 7.86. The Bertz CT molecular complexity index is 693. The Morgan fingerprint density at radius 1 is 1.24 bits per heavy atom. The Balaban J connectivity index is 1.64. The lowest BCUT2D eigenvalue weighted by atomic mass is 9.90. The Morgan fingerprint density at radius 3 is 2.36 bits per heavy atom. The molecule has 0 bridgehead atoms. The average Bonchev–Trinajstić information content (AvgIpc) is 2.85. The zero-order valence-electron chi connectivity index (χ0n) is 14.8. The van der Waals surface area contributed by atoms with E-state index in [2.05, 4.69) is 48.9 Å². The van der Waals surface area contributed by atoms with Crippen molar-refractivity contribution < 1.29 is 14.4 Å². The second-order valence-corrected chi connectivity index (χ2v) is 7.11. The molecule has 0 radical (unpaired) electrons. The van der Waals surface area contributed by atoms with Gasteiger partial charge in [0.05, 0.1) is 19.1 Å². The second-order valence-electron chi connectivity index (χ2n) is 7.11. The third kappa shape index (κ3) is 3.18. The lowest BCUT2D eigenvalue weighted by Crippen LogP contribution is -2.73. The van der Waals surface area contributed by atoms with Crippen LogP contribution in [0, 0.1) is 5.92 Å². The van der Waals surface area contributed by atoms with E-state index in [1.54, 1.807) is 4.90 Å². The highest BCUT2D eigenvalue weighted by atomic mass is 16.2. The first-order chi connectivity index (χ1) is 11.8. The Kier molecular flexibility index (Phi) is 4.41. The molecule has 7 nitrogen and oxygen atoms in total. The van der Waals surface area contributed by atoms with Gasteiger partial charge in [0.15, 0.2) is 5.54 Å². The van der Waals surface area contributed by atoms with Gasteiger partial charge < -0.3 is 15.5 Å². The summed E-state index contributed by atoms with van der Waals surface area (Å²) in [6, 6.07) is 7.42. The van der Waals surface area contributed by atoms with E-state index >= 15 is 0 Å². The van der Waals surface area contributed by atoms with Crippen LogP contribution in [0.15, 0.2) is 24.3 Å². The molecule has 1 spiro atoms. The first-order valence-corrected chi connectivity index (χ1v) is 8.62. The van der Waals surface area contributed by atoms with Crippen molar-refractivity contribution in [3.05, 3.63) is 35.4 Å². The molecule has 1 aromatic rings. The molecule has 2 saturated heterocycles. The fraction of sp³-hybridized carbons (Fsp3) is 0.500. The van der Waals surface area contributed by atoms with Crippen molar-refractivity contribution >= 4 is 18.0 Å². The van der Waals surface area contributed by atoms with E-state index in [0.717, 1.165) is 12.0 Å². The van der Waals surface area contributed by atoms with E-state index < -0.39 is 11.6 Å². The first-order valence-electron chi connectivity index (χ1n) is 8.62. The Morgan fingerprint density at radius 2 is 1.88 bits per heavy atom. The molecule has 3 N–H and O–H groups in total. The van der Waals surface area contributed by atoms with Crippen molar-refractivity contribution in [3.63, 3.8) is 0 Å². The van der Waals surface area contributed by atoms with Gasteiger partial charge in [-0.15, -0.1) is 0 Å². The molecule has 0 saturated carbocycles. The number of aryl methyl sites for hydroxylation is 1. The van der Waals surface area contributed by atoms with Gasteiger partial charge in [0.2, 0.25) is 0 Å². The van der Waals surface area contributed by atoms with E-state index in [4.69, 9.17) is 0 Å². The molecule has 2 heterocycles. The van der Waals surface area contributed by atoms with Crippen LogP contribution in [0.3, 0.4) is 0 Å². The van der Waals surface area contributed by atoms with E-state index in [9.17, 15) is 14.4 Å². The van der Waals surface area contributed by atoms with Gasteiger partial charge >= 0.3 is 12.1 Å². The molecule has 0 aromatic heterocycles. The number of carbonyl (C=O) groups is 3. The summed E-state index contributed by atoms with van der Waals surface area (Å²) in [5.41, 5.74) is 1.36. The zero-order chi connectivity index (χ0) is 18.2. The van der Waals surface area contributed by atoms with E-state index in [0.29, 0.717) is 0 Å². The second kappa shape index (κ2) is 6.38. The van der Waals surface area contributed by atoms with Gasteiger partial charge in [0.25, 0.3) is 5.91 Å². The fourth-order valence-electron chi connectivity index (χ4n) is 3.32. The highest BCUT2D eigenvalue weighted by molar-refractivity contribution is 6.08. The number of urea groups is 2. The summed E-state index contributed by atoms with van der Waals surface area (Å²) in [4.78, 5) is 37.2. The number of hydrogen-bond donors (Lipinski definition) is 3. The van der Waals surface area contributed by atoms with Gasteiger partial charge in [-0.25, -0.2) is 9.59 Å². The summed E-state index contributed by atoms with van der Waals surface area (Å²) >= 11 is 0. The van der Waals surface area contributed by atoms with Gasteiger partial charge in [0, 0.05) is 0 Å². The van der Waals surface area contributed by atoms with Crippen LogP contribution in [0.2, 0.25) is 0 Å². The van der Waals surface area contributed by atoms with Gasteiger partial charge in [0.1, 0.15) is 0 Å². The van der Waals surface area contributed by atoms with E-state index in [1.807, 2.05) is 12.1 Å². The number of rotatable bonds is 4. The van der Waals surface area contributed by atoms with Crippen LogP contribution in [0.1, 0.15) is 37.9 Å². The molecular formula is C18H24N4O3. The molecule has 1 aromatic carbocycles. The lowest BCUT2D eigenvalue weighted by molar-refractivity contribution is -0.128. The SMILES string of the molecule is CCc1ccc(C(NC(=O)N2CC3(C2)NC(=O)NC3=O)C(C)C)cc1. The maximum atomic E-state index is 12.5. The highest BCUT2D eigenvalue weighted by Crippen LogP contribution is 2.27.